The molecule has 0 atom stereocenters. The standard InChI is InChI=1S/C23H21Cl2N5S/c1-29(2)11-12-31-17-7-8-18(21(25)14-17)23-15-30(28-27-23)16-6-9-20(24)19(13-16)22-5-3-4-10-26-22/h3-10,13-15H,11-12H2,1-2H3. The molecule has 31 heavy (non-hydrogen) atoms. The van der Waals surface area contributed by atoms with E-state index < -0.39 is 0 Å². The second kappa shape index (κ2) is 9.83. The Morgan fingerprint density at radius 3 is 2.55 bits per heavy atom. The van der Waals surface area contributed by atoms with Crippen molar-refractivity contribution in [3.05, 3.63) is 77.0 Å². The summed E-state index contributed by atoms with van der Waals surface area (Å²) in [7, 11) is 4.14. The number of hydrogen-bond donors (Lipinski definition) is 0. The quantitative estimate of drug-likeness (QED) is 0.312. The van der Waals surface area contributed by atoms with Crippen molar-refractivity contribution < 1.29 is 0 Å². The van der Waals surface area contributed by atoms with Gasteiger partial charge in [-0.25, -0.2) is 4.68 Å². The molecule has 0 N–H and O–H groups in total. The first kappa shape index (κ1) is 21.8. The van der Waals surface area contributed by atoms with Crippen LogP contribution in [0.15, 0.2) is 71.9 Å². The molecule has 0 fully saturated rings. The van der Waals surface area contributed by atoms with Crippen molar-refractivity contribution in [2.45, 2.75) is 4.90 Å². The van der Waals surface area contributed by atoms with Gasteiger partial charge in [0, 0.05) is 34.5 Å². The van der Waals surface area contributed by atoms with E-state index in [9.17, 15) is 0 Å². The first-order valence-electron chi connectivity index (χ1n) is 9.72. The molecule has 2 aromatic carbocycles. The third-order valence-corrected chi connectivity index (χ3v) is 6.29. The summed E-state index contributed by atoms with van der Waals surface area (Å²) in [5.41, 5.74) is 4.05. The zero-order valence-electron chi connectivity index (χ0n) is 17.2. The zero-order chi connectivity index (χ0) is 21.8. The van der Waals surface area contributed by atoms with Crippen LogP contribution >= 0.6 is 35.0 Å². The Morgan fingerprint density at radius 2 is 1.81 bits per heavy atom. The van der Waals surface area contributed by atoms with E-state index in [2.05, 4.69) is 40.4 Å². The molecule has 0 saturated carbocycles. The average Bonchev–Trinajstić information content (AvgIpc) is 3.24. The van der Waals surface area contributed by atoms with E-state index in [4.69, 9.17) is 23.2 Å². The van der Waals surface area contributed by atoms with Gasteiger partial charge in [-0.1, -0.05) is 40.5 Å². The molecule has 0 aliphatic heterocycles. The van der Waals surface area contributed by atoms with E-state index in [1.54, 1.807) is 22.6 Å². The van der Waals surface area contributed by atoms with Gasteiger partial charge in [0.25, 0.3) is 0 Å². The second-order valence-electron chi connectivity index (χ2n) is 7.22. The molecule has 4 rings (SSSR count). The highest BCUT2D eigenvalue weighted by molar-refractivity contribution is 7.99. The van der Waals surface area contributed by atoms with E-state index in [0.717, 1.165) is 39.7 Å². The molecule has 0 amide bonds. The lowest BCUT2D eigenvalue weighted by molar-refractivity contribution is 0.437. The highest BCUT2D eigenvalue weighted by Gasteiger charge is 2.12. The molecular weight excluding hydrogens is 449 g/mol. The normalized spacial score (nSPS) is 11.3. The van der Waals surface area contributed by atoms with Crippen LogP contribution in [0.5, 0.6) is 0 Å². The minimum absolute atomic E-state index is 0.633. The van der Waals surface area contributed by atoms with Gasteiger partial charge in [0.15, 0.2) is 0 Å². The Bertz CT molecular complexity index is 1180. The van der Waals surface area contributed by atoms with Crippen molar-refractivity contribution >= 4 is 35.0 Å². The largest absolute Gasteiger partial charge is 0.309 e. The Labute approximate surface area is 196 Å². The van der Waals surface area contributed by atoms with Crippen LogP contribution in [0.3, 0.4) is 0 Å². The maximum Gasteiger partial charge on any atom is 0.115 e. The number of aromatic nitrogens is 4. The van der Waals surface area contributed by atoms with Gasteiger partial charge in [-0.2, -0.15) is 0 Å². The van der Waals surface area contributed by atoms with Crippen LogP contribution in [-0.4, -0.2) is 51.3 Å². The number of halogens is 2. The lowest BCUT2D eigenvalue weighted by Crippen LogP contribution is -2.14. The number of hydrogen-bond acceptors (Lipinski definition) is 5. The fraction of sp³-hybridized carbons (Fsp3) is 0.174. The first-order valence-corrected chi connectivity index (χ1v) is 11.5. The molecule has 0 aliphatic carbocycles. The van der Waals surface area contributed by atoms with Gasteiger partial charge in [0.05, 0.1) is 27.6 Å². The van der Waals surface area contributed by atoms with Gasteiger partial charge in [-0.3, -0.25) is 4.98 Å². The zero-order valence-corrected chi connectivity index (χ0v) is 19.5. The molecule has 2 heterocycles. The van der Waals surface area contributed by atoms with Crippen LogP contribution < -0.4 is 0 Å². The number of nitrogens with zero attached hydrogens (tertiary/aromatic N) is 5. The summed E-state index contributed by atoms with van der Waals surface area (Å²) < 4.78 is 1.72. The maximum atomic E-state index is 6.56. The van der Waals surface area contributed by atoms with Gasteiger partial charge in [0.1, 0.15) is 5.69 Å². The summed E-state index contributed by atoms with van der Waals surface area (Å²) in [4.78, 5) is 7.70. The van der Waals surface area contributed by atoms with Gasteiger partial charge < -0.3 is 4.90 Å². The molecule has 0 aliphatic rings. The highest BCUT2D eigenvalue weighted by Crippen LogP contribution is 2.32. The predicted octanol–water partition coefficient (Wildman–Crippen LogP) is 5.96. The summed E-state index contributed by atoms with van der Waals surface area (Å²) in [6, 6.07) is 17.5. The van der Waals surface area contributed by atoms with Crippen molar-refractivity contribution in [1.82, 2.24) is 24.9 Å². The Kier molecular flexibility index (Phi) is 6.92. The molecule has 0 bridgehead atoms. The van der Waals surface area contributed by atoms with Gasteiger partial charge >= 0.3 is 0 Å². The summed E-state index contributed by atoms with van der Waals surface area (Å²) in [5, 5.41) is 9.92. The lowest BCUT2D eigenvalue weighted by Gasteiger charge is -2.09. The van der Waals surface area contributed by atoms with E-state index in [1.807, 2.05) is 54.7 Å². The van der Waals surface area contributed by atoms with Crippen LogP contribution in [0.4, 0.5) is 0 Å². The van der Waals surface area contributed by atoms with E-state index >= 15 is 0 Å². The molecule has 5 nitrogen and oxygen atoms in total. The Hall–Kier alpha value is -2.38. The fourth-order valence-electron chi connectivity index (χ4n) is 3.03. The molecule has 0 unspecified atom stereocenters. The van der Waals surface area contributed by atoms with Crippen LogP contribution in [0.2, 0.25) is 10.0 Å². The van der Waals surface area contributed by atoms with Crippen LogP contribution in [0.25, 0.3) is 28.2 Å². The average molecular weight is 470 g/mol. The minimum atomic E-state index is 0.633. The third kappa shape index (κ3) is 5.28. The van der Waals surface area contributed by atoms with Crippen LogP contribution in [0, 0.1) is 0 Å². The smallest absolute Gasteiger partial charge is 0.115 e. The summed E-state index contributed by atoms with van der Waals surface area (Å²) >= 11 is 14.7. The van der Waals surface area contributed by atoms with Crippen molar-refractivity contribution in [3.63, 3.8) is 0 Å². The van der Waals surface area contributed by atoms with Gasteiger partial charge in [-0.05, 0) is 56.6 Å². The summed E-state index contributed by atoms with van der Waals surface area (Å²) in [5.74, 6) is 1.01. The molecule has 2 aromatic heterocycles. The fourth-order valence-corrected chi connectivity index (χ4v) is 4.64. The highest BCUT2D eigenvalue weighted by atomic mass is 35.5. The third-order valence-electron chi connectivity index (χ3n) is 4.67. The van der Waals surface area contributed by atoms with Crippen molar-refractivity contribution in [2.75, 3.05) is 26.4 Å². The summed E-state index contributed by atoms with van der Waals surface area (Å²) in [6.07, 6.45) is 3.61. The van der Waals surface area contributed by atoms with Gasteiger partial charge in [-0.15, -0.1) is 16.9 Å². The van der Waals surface area contributed by atoms with E-state index in [0.29, 0.717) is 15.7 Å². The molecule has 0 spiro atoms. The Morgan fingerprint density at radius 1 is 0.935 bits per heavy atom. The molecule has 4 aromatic rings. The van der Waals surface area contributed by atoms with Gasteiger partial charge in [0.2, 0.25) is 0 Å². The number of thioether (sulfide) groups is 1. The van der Waals surface area contributed by atoms with Crippen molar-refractivity contribution in [3.8, 4) is 28.2 Å². The van der Waals surface area contributed by atoms with E-state index in [1.165, 1.54) is 0 Å². The number of rotatable bonds is 7. The minimum Gasteiger partial charge on any atom is -0.309 e. The second-order valence-corrected chi connectivity index (χ2v) is 9.20. The van der Waals surface area contributed by atoms with Crippen molar-refractivity contribution in [1.29, 1.82) is 0 Å². The Balaban J connectivity index is 1.58. The molecular formula is C23H21Cl2N5S. The molecule has 0 saturated heterocycles. The molecule has 158 valence electrons. The topological polar surface area (TPSA) is 46.8 Å². The lowest BCUT2D eigenvalue weighted by atomic mass is 10.1. The SMILES string of the molecule is CN(C)CCSc1ccc(-c2cn(-c3ccc(Cl)c(-c4ccccn4)c3)nn2)c(Cl)c1. The number of benzene rings is 2. The molecule has 8 heteroatoms. The monoisotopic (exact) mass is 469 g/mol. The van der Waals surface area contributed by atoms with E-state index in [-0.39, 0.29) is 0 Å². The molecule has 0 radical (unpaired) electrons. The number of pyridine rings is 1. The van der Waals surface area contributed by atoms with Crippen LogP contribution in [-0.2, 0) is 0 Å². The van der Waals surface area contributed by atoms with Crippen LogP contribution in [0.1, 0.15) is 0 Å². The summed E-state index contributed by atoms with van der Waals surface area (Å²) in [6.45, 7) is 1.01. The first-order chi connectivity index (χ1) is 15.0. The maximum absolute atomic E-state index is 6.56. The van der Waals surface area contributed by atoms with Crippen molar-refractivity contribution in [2.24, 2.45) is 0 Å². The predicted molar refractivity (Wildman–Crippen MR) is 129 cm³/mol.